The summed E-state index contributed by atoms with van der Waals surface area (Å²) in [5, 5.41) is 17.3. The first-order chi connectivity index (χ1) is 15.5. The van der Waals surface area contributed by atoms with Crippen molar-refractivity contribution in [1.82, 2.24) is 16.0 Å². The zero-order valence-electron chi connectivity index (χ0n) is 20.4. The minimum atomic E-state index is -1.15. The van der Waals surface area contributed by atoms with E-state index in [0.717, 1.165) is 6.42 Å². The van der Waals surface area contributed by atoms with Crippen LogP contribution in [0.2, 0.25) is 0 Å². The number of carbonyl (C=O) groups excluding carboxylic acids is 3. The molecular formula is C22H44N6O5. The molecule has 0 spiro atoms. The maximum absolute atomic E-state index is 13.0. The minimum absolute atomic E-state index is 0.240. The Morgan fingerprint density at radius 2 is 1.12 bits per heavy atom. The molecule has 0 heterocycles. The van der Waals surface area contributed by atoms with Crippen LogP contribution in [0.5, 0.6) is 0 Å². The summed E-state index contributed by atoms with van der Waals surface area (Å²) in [5.74, 6) is -3.29. The molecule has 0 aromatic heterocycles. The first-order valence-electron chi connectivity index (χ1n) is 11.8. The average molecular weight is 473 g/mol. The van der Waals surface area contributed by atoms with E-state index in [4.69, 9.17) is 17.2 Å². The molecule has 0 aromatic rings. The van der Waals surface area contributed by atoms with Crippen molar-refractivity contribution in [3.05, 3.63) is 0 Å². The highest BCUT2D eigenvalue weighted by Crippen LogP contribution is 2.09. The van der Waals surface area contributed by atoms with Gasteiger partial charge in [0.2, 0.25) is 17.7 Å². The van der Waals surface area contributed by atoms with Crippen molar-refractivity contribution in [1.29, 1.82) is 0 Å². The fourth-order valence-electron chi connectivity index (χ4n) is 3.22. The van der Waals surface area contributed by atoms with Gasteiger partial charge in [-0.3, -0.25) is 14.4 Å². The minimum Gasteiger partial charge on any atom is -0.480 e. The molecule has 10 N–H and O–H groups in total. The van der Waals surface area contributed by atoms with Crippen molar-refractivity contribution in [3.63, 3.8) is 0 Å². The lowest BCUT2D eigenvalue weighted by Gasteiger charge is -2.28. The summed E-state index contributed by atoms with van der Waals surface area (Å²) in [6.07, 6.45) is 3.35. The Kier molecular flexibility index (Phi) is 15.3. The molecular weight excluding hydrogens is 428 g/mol. The van der Waals surface area contributed by atoms with Crippen LogP contribution in [0, 0.1) is 11.8 Å². The van der Waals surface area contributed by atoms with E-state index in [0.29, 0.717) is 38.8 Å². The molecule has 0 aromatic carbocycles. The van der Waals surface area contributed by atoms with Crippen LogP contribution in [0.4, 0.5) is 0 Å². The topological polar surface area (TPSA) is 203 Å². The molecule has 0 aliphatic heterocycles. The highest BCUT2D eigenvalue weighted by Gasteiger charge is 2.32. The number of hydrogen-bond donors (Lipinski definition) is 7. The van der Waals surface area contributed by atoms with Crippen LogP contribution in [-0.2, 0) is 19.2 Å². The third-order valence-corrected chi connectivity index (χ3v) is 5.36. The average Bonchev–Trinajstić information content (AvgIpc) is 2.74. The second-order valence-corrected chi connectivity index (χ2v) is 9.04. The van der Waals surface area contributed by atoms with E-state index in [9.17, 15) is 24.3 Å². The second kappa shape index (κ2) is 16.4. The van der Waals surface area contributed by atoms with Gasteiger partial charge in [-0.2, -0.15) is 0 Å². The highest BCUT2D eigenvalue weighted by atomic mass is 16.4. The zero-order chi connectivity index (χ0) is 25.6. The molecule has 0 aliphatic rings. The van der Waals surface area contributed by atoms with Gasteiger partial charge in [0.1, 0.15) is 18.1 Å². The number of carboxylic acid groups (broad SMARTS) is 1. The molecule has 11 heteroatoms. The number of unbranched alkanes of at least 4 members (excludes halogenated alkanes) is 2. The summed E-state index contributed by atoms with van der Waals surface area (Å²) in [5.41, 5.74) is 16.8. The summed E-state index contributed by atoms with van der Waals surface area (Å²) in [6, 6.07) is -3.70. The Bertz CT molecular complexity index is 628. The summed E-state index contributed by atoms with van der Waals surface area (Å²) < 4.78 is 0. The predicted octanol–water partition coefficient (Wildman–Crippen LogP) is -0.577. The fraction of sp³-hybridized carbons (Fsp3) is 0.818. The third kappa shape index (κ3) is 12.0. The summed E-state index contributed by atoms with van der Waals surface area (Å²) in [6.45, 7) is 7.97. The number of carboxylic acids is 1. The van der Waals surface area contributed by atoms with Crippen LogP contribution in [0.15, 0.2) is 0 Å². The van der Waals surface area contributed by atoms with Crippen LogP contribution in [0.3, 0.4) is 0 Å². The van der Waals surface area contributed by atoms with Gasteiger partial charge in [0, 0.05) is 0 Å². The van der Waals surface area contributed by atoms with Crippen molar-refractivity contribution >= 4 is 23.7 Å². The molecule has 11 nitrogen and oxygen atoms in total. The molecule has 0 rings (SSSR count). The number of carbonyl (C=O) groups is 4. The smallest absolute Gasteiger partial charge is 0.326 e. The lowest BCUT2D eigenvalue weighted by molar-refractivity contribution is -0.143. The van der Waals surface area contributed by atoms with Crippen molar-refractivity contribution < 1.29 is 24.3 Å². The van der Waals surface area contributed by atoms with E-state index in [1.54, 1.807) is 27.7 Å². The Morgan fingerprint density at radius 1 is 0.697 bits per heavy atom. The van der Waals surface area contributed by atoms with Crippen molar-refractivity contribution in [2.75, 3.05) is 13.1 Å². The van der Waals surface area contributed by atoms with E-state index in [1.165, 1.54) is 0 Å². The van der Waals surface area contributed by atoms with Crippen molar-refractivity contribution in [3.8, 4) is 0 Å². The third-order valence-electron chi connectivity index (χ3n) is 5.36. The quantitative estimate of drug-likeness (QED) is 0.136. The molecule has 4 atom stereocenters. The van der Waals surface area contributed by atoms with Gasteiger partial charge in [-0.15, -0.1) is 0 Å². The van der Waals surface area contributed by atoms with E-state index < -0.39 is 47.9 Å². The predicted molar refractivity (Wildman–Crippen MR) is 127 cm³/mol. The van der Waals surface area contributed by atoms with Gasteiger partial charge in [-0.25, -0.2) is 4.79 Å². The van der Waals surface area contributed by atoms with Crippen LogP contribution in [-0.4, -0.2) is 66.1 Å². The zero-order valence-corrected chi connectivity index (χ0v) is 20.4. The molecule has 192 valence electrons. The summed E-state index contributed by atoms with van der Waals surface area (Å²) >= 11 is 0. The van der Waals surface area contributed by atoms with Crippen LogP contribution in [0.1, 0.15) is 66.2 Å². The first kappa shape index (κ1) is 30.8. The molecule has 0 fully saturated rings. The normalized spacial score (nSPS) is 14.9. The number of aliphatic carboxylic acids is 1. The molecule has 3 amide bonds. The Labute approximate surface area is 197 Å². The van der Waals surface area contributed by atoms with Gasteiger partial charge in [0.25, 0.3) is 0 Å². The number of nitrogens with one attached hydrogen (secondary N) is 3. The Hall–Kier alpha value is -2.24. The summed E-state index contributed by atoms with van der Waals surface area (Å²) in [7, 11) is 0. The van der Waals surface area contributed by atoms with Crippen LogP contribution in [0.25, 0.3) is 0 Å². The van der Waals surface area contributed by atoms with Crippen molar-refractivity contribution in [2.24, 2.45) is 29.0 Å². The largest absolute Gasteiger partial charge is 0.480 e. The maximum atomic E-state index is 13.0. The van der Waals surface area contributed by atoms with Crippen LogP contribution < -0.4 is 33.2 Å². The Balaban J connectivity index is 5.21. The highest BCUT2D eigenvalue weighted by molar-refractivity contribution is 5.94. The lowest BCUT2D eigenvalue weighted by Crippen LogP contribution is -2.59. The molecule has 0 radical (unpaired) electrons. The van der Waals surface area contributed by atoms with Gasteiger partial charge in [0.05, 0.1) is 6.04 Å². The Morgan fingerprint density at radius 3 is 1.55 bits per heavy atom. The van der Waals surface area contributed by atoms with Gasteiger partial charge in [-0.05, 0) is 57.0 Å². The molecule has 0 saturated heterocycles. The fourth-order valence-corrected chi connectivity index (χ4v) is 3.22. The SMILES string of the molecule is CC(C)C(NC(=O)C(N)CCCCN)C(=O)NC(C(=O)NC(CCCCN)C(=O)O)C(C)C. The van der Waals surface area contributed by atoms with Crippen LogP contribution >= 0.6 is 0 Å². The monoisotopic (exact) mass is 472 g/mol. The van der Waals surface area contributed by atoms with Gasteiger partial charge >= 0.3 is 5.97 Å². The molecule has 0 aliphatic carbocycles. The molecule has 4 unspecified atom stereocenters. The number of hydrogen-bond acceptors (Lipinski definition) is 7. The lowest BCUT2D eigenvalue weighted by atomic mass is 9.98. The molecule has 33 heavy (non-hydrogen) atoms. The second-order valence-electron chi connectivity index (χ2n) is 9.04. The van der Waals surface area contributed by atoms with E-state index in [1.807, 2.05) is 0 Å². The van der Waals surface area contributed by atoms with Gasteiger partial charge in [0.15, 0.2) is 0 Å². The number of rotatable bonds is 17. The summed E-state index contributed by atoms with van der Waals surface area (Å²) in [4.78, 5) is 49.7. The number of nitrogens with two attached hydrogens (primary N) is 3. The van der Waals surface area contributed by atoms with E-state index in [2.05, 4.69) is 16.0 Å². The van der Waals surface area contributed by atoms with Crippen molar-refractivity contribution in [2.45, 2.75) is 90.4 Å². The maximum Gasteiger partial charge on any atom is 0.326 e. The molecule has 0 bridgehead atoms. The van der Waals surface area contributed by atoms with E-state index >= 15 is 0 Å². The van der Waals surface area contributed by atoms with Gasteiger partial charge in [-0.1, -0.05) is 34.1 Å². The number of amides is 3. The first-order valence-corrected chi connectivity index (χ1v) is 11.8. The standard InChI is InChI=1S/C22H44N6O5/c1-13(2)17(20(30)26-16(22(32)33)10-6-8-12-24)28-21(31)18(14(3)4)27-19(29)15(25)9-5-7-11-23/h13-18H,5-12,23-25H2,1-4H3,(H,26,30)(H,27,29)(H,28,31)(H,32,33). The van der Waals surface area contributed by atoms with E-state index in [-0.39, 0.29) is 18.3 Å². The van der Waals surface area contributed by atoms with Gasteiger partial charge < -0.3 is 38.3 Å². The molecule has 0 saturated carbocycles.